The Morgan fingerprint density at radius 2 is 1.82 bits per heavy atom. The summed E-state index contributed by atoms with van der Waals surface area (Å²) in [6.07, 6.45) is 3.92. The van der Waals surface area contributed by atoms with Gasteiger partial charge >= 0.3 is 0 Å². The minimum atomic E-state index is -0.306. The number of benzene rings is 1. The van der Waals surface area contributed by atoms with Crippen molar-refractivity contribution in [3.05, 3.63) is 58.3 Å². The number of hydrogen-bond donors (Lipinski definition) is 1. The Kier molecular flexibility index (Phi) is 4.77. The Morgan fingerprint density at radius 1 is 1.00 bits per heavy atom. The van der Waals surface area contributed by atoms with Crippen LogP contribution in [0.15, 0.2) is 47.8 Å². The molecule has 0 spiro atoms. The van der Waals surface area contributed by atoms with E-state index < -0.39 is 0 Å². The normalized spacial score (nSPS) is 12.5. The number of unbranched alkanes of at least 4 members (excludes halogenated alkanes) is 1. The Bertz CT molecular complexity index is 408. The molecule has 90 valence electrons. The lowest BCUT2D eigenvalue weighted by molar-refractivity contribution is 0.164. The van der Waals surface area contributed by atoms with Gasteiger partial charge in [-0.1, -0.05) is 42.8 Å². The molecule has 0 amide bonds. The standard InChI is InChI=1S/C15H18OS/c16-15(13-7-2-1-3-8-13)11-5-4-9-14-10-6-12-17-14/h1-3,6-8,10,12,15-16H,4-5,9,11H2. The SMILES string of the molecule is OC(CCCCc1cccs1)c1ccccc1. The van der Waals surface area contributed by atoms with Crippen LogP contribution in [-0.2, 0) is 6.42 Å². The number of thiophene rings is 1. The summed E-state index contributed by atoms with van der Waals surface area (Å²) in [5, 5.41) is 12.1. The lowest BCUT2D eigenvalue weighted by Gasteiger charge is -2.10. The van der Waals surface area contributed by atoms with Gasteiger partial charge in [0.1, 0.15) is 0 Å². The molecule has 0 aliphatic rings. The van der Waals surface area contributed by atoms with Gasteiger partial charge in [-0.2, -0.15) is 0 Å². The molecule has 0 fully saturated rings. The van der Waals surface area contributed by atoms with Crippen LogP contribution in [0.25, 0.3) is 0 Å². The average Bonchev–Trinajstić information content (AvgIpc) is 2.88. The van der Waals surface area contributed by atoms with Crippen LogP contribution in [0.2, 0.25) is 0 Å². The number of aliphatic hydroxyl groups excluding tert-OH is 1. The van der Waals surface area contributed by atoms with Crippen LogP contribution < -0.4 is 0 Å². The maximum absolute atomic E-state index is 9.98. The largest absolute Gasteiger partial charge is 0.388 e. The van der Waals surface area contributed by atoms with Crippen LogP contribution in [-0.4, -0.2) is 5.11 Å². The van der Waals surface area contributed by atoms with Crippen LogP contribution in [0.5, 0.6) is 0 Å². The quantitative estimate of drug-likeness (QED) is 0.758. The molecule has 0 saturated heterocycles. The van der Waals surface area contributed by atoms with Gasteiger partial charge in [0.05, 0.1) is 6.10 Å². The van der Waals surface area contributed by atoms with E-state index in [2.05, 4.69) is 17.5 Å². The monoisotopic (exact) mass is 246 g/mol. The lowest BCUT2D eigenvalue weighted by atomic mass is 10.0. The summed E-state index contributed by atoms with van der Waals surface area (Å²) < 4.78 is 0. The first-order chi connectivity index (χ1) is 8.36. The van der Waals surface area contributed by atoms with Crippen molar-refractivity contribution in [3.63, 3.8) is 0 Å². The fourth-order valence-electron chi connectivity index (χ4n) is 1.93. The van der Waals surface area contributed by atoms with E-state index in [9.17, 15) is 5.11 Å². The van der Waals surface area contributed by atoms with Crippen LogP contribution >= 0.6 is 11.3 Å². The first-order valence-electron chi connectivity index (χ1n) is 6.11. The van der Waals surface area contributed by atoms with E-state index in [-0.39, 0.29) is 6.10 Å². The maximum atomic E-state index is 9.98. The molecule has 0 aliphatic heterocycles. The first-order valence-corrected chi connectivity index (χ1v) is 6.99. The molecule has 1 N–H and O–H groups in total. The molecule has 1 aromatic heterocycles. The molecule has 2 heteroatoms. The summed E-state index contributed by atoms with van der Waals surface area (Å²) in [5.74, 6) is 0. The van der Waals surface area contributed by atoms with Crippen molar-refractivity contribution in [2.45, 2.75) is 31.8 Å². The predicted molar refractivity (Wildman–Crippen MR) is 73.3 cm³/mol. The molecule has 0 aliphatic carbocycles. The minimum absolute atomic E-state index is 0.306. The molecular formula is C15H18OS. The van der Waals surface area contributed by atoms with Crippen LogP contribution in [0.4, 0.5) is 0 Å². The highest BCUT2D eigenvalue weighted by Crippen LogP contribution is 2.20. The fourth-order valence-corrected chi connectivity index (χ4v) is 2.68. The fraction of sp³-hybridized carbons (Fsp3) is 0.333. The van der Waals surface area contributed by atoms with Crippen LogP contribution in [0.1, 0.15) is 35.8 Å². The van der Waals surface area contributed by atoms with Crippen LogP contribution in [0, 0.1) is 0 Å². The number of aryl methyl sites for hydroxylation is 1. The molecule has 0 bridgehead atoms. The van der Waals surface area contributed by atoms with Gasteiger partial charge in [-0.05, 0) is 36.3 Å². The van der Waals surface area contributed by atoms with Gasteiger partial charge in [-0.15, -0.1) is 11.3 Å². The molecule has 1 unspecified atom stereocenters. The van der Waals surface area contributed by atoms with Crippen molar-refractivity contribution in [1.29, 1.82) is 0 Å². The molecule has 0 radical (unpaired) electrons. The van der Waals surface area contributed by atoms with Crippen molar-refractivity contribution >= 4 is 11.3 Å². The third-order valence-electron chi connectivity index (χ3n) is 2.92. The molecule has 2 rings (SSSR count). The van der Waals surface area contributed by atoms with Gasteiger partial charge in [-0.25, -0.2) is 0 Å². The maximum Gasteiger partial charge on any atom is 0.0790 e. The van der Waals surface area contributed by atoms with E-state index >= 15 is 0 Å². The highest BCUT2D eigenvalue weighted by molar-refractivity contribution is 7.09. The van der Waals surface area contributed by atoms with E-state index in [0.29, 0.717) is 0 Å². The van der Waals surface area contributed by atoms with Crippen molar-refractivity contribution in [2.24, 2.45) is 0 Å². The second-order valence-corrected chi connectivity index (χ2v) is 5.28. The second-order valence-electron chi connectivity index (χ2n) is 4.25. The summed E-state index contributed by atoms with van der Waals surface area (Å²) in [6, 6.07) is 14.2. The van der Waals surface area contributed by atoms with E-state index in [1.165, 1.54) is 4.88 Å². The van der Waals surface area contributed by atoms with Crippen molar-refractivity contribution in [1.82, 2.24) is 0 Å². The van der Waals surface area contributed by atoms with Crippen molar-refractivity contribution in [3.8, 4) is 0 Å². The summed E-state index contributed by atoms with van der Waals surface area (Å²) in [5.41, 5.74) is 1.03. The smallest absolute Gasteiger partial charge is 0.0790 e. The van der Waals surface area contributed by atoms with Gasteiger partial charge in [0, 0.05) is 4.88 Å². The van der Waals surface area contributed by atoms with Crippen molar-refractivity contribution in [2.75, 3.05) is 0 Å². The summed E-state index contributed by atoms with van der Waals surface area (Å²) in [7, 11) is 0. The molecule has 1 aromatic carbocycles. The van der Waals surface area contributed by atoms with Gasteiger partial charge in [0.2, 0.25) is 0 Å². The highest BCUT2D eigenvalue weighted by atomic mass is 32.1. The zero-order valence-corrected chi connectivity index (χ0v) is 10.7. The number of rotatable bonds is 6. The summed E-state index contributed by atoms with van der Waals surface area (Å²) in [6.45, 7) is 0. The second kappa shape index (κ2) is 6.58. The summed E-state index contributed by atoms with van der Waals surface area (Å²) in [4.78, 5) is 1.44. The van der Waals surface area contributed by atoms with Gasteiger partial charge in [-0.3, -0.25) is 0 Å². The third kappa shape index (κ3) is 3.99. The zero-order chi connectivity index (χ0) is 11.9. The molecule has 1 atom stereocenters. The topological polar surface area (TPSA) is 20.2 Å². The molecular weight excluding hydrogens is 228 g/mol. The Hall–Kier alpha value is -1.12. The van der Waals surface area contributed by atoms with E-state index in [1.807, 2.05) is 41.7 Å². The predicted octanol–water partition coefficient (Wildman–Crippen LogP) is 4.19. The first kappa shape index (κ1) is 12.3. The Labute approximate surface area is 107 Å². The summed E-state index contributed by atoms with van der Waals surface area (Å²) >= 11 is 1.82. The van der Waals surface area contributed by atoms with Crippen molar-refractivity contribution < 1.29 is 5.11 Å². The molecule has 0 saturated carbocycles. The van der Waals surface area contributed by atoms with Gasteiger partial charge in [0.15, 0.2) is 0 Å². The van der Waals surface area contributed by atoms with E-state index in [4.69, 9.17) is 0 Å². The van der Waals surface area contributed by atoms with Gasteiger partial charge < -0.3 is 5.11 Å². The highest BCUT2D eigenvalue weighted by Gasteiger charge is 2.06. The molecule has 1 nitrogen and oxygen atoms in total. The average molecular weight is 246 g/mol. The zero-order valence-electron chi connectivity index (χ0n) is 9.88. The Morgan fingerprint density at radius 3 is 2.53 bits per heavy atom. The van der Waals surface area contributed by atoms with E-state index in [0.717, 1.165) is 31.2 Å². The third-order valence-corrected chi connectivity index (χ3v) is 3.85. The number of aliphatic hydroxyl groups is 1. The van der Waals surface area contributed by atoms with Gasteiger partial charge in [0.25, 0.3) is 0 Å². The minimum Gasteiger partial charge on any atom is -0.388 e. The molecule has 1 heterocycles. The Balaban J connectivity index is 1.68. The van der Waals surface area contributed by atoms with Crippen LogP contribution in [0.3, 0.4) is 0 Å². The van der Waals surface area contributed by atoms with E-state index in [1.54, 1.807) is 0 Å². The molecule has 17 heavy (non-hydrogen) atoms. The lowest BCUT2D eigenvalue weighted by Crippen LogP contribution is -1.97. The number of hydrogen-bond acceptors (Lipinski definition) is 2. The molecule has 2 aromatic rings.